The molecule has 0 saturated carbocycles. The normalized spacial score (nSPS) is 15.8. The van der Waals surface area contributed by atoms with Crippen LogP contribution in [0.4, 0.5) is 11.6 Å². The van der Waals surface area contributed by atoms with Crippen molar-refractivity contribution in [1.29, 1.82) is 0 Å². The van der Waals surface area contributed by atoms with Crippen LogP contribution >= 0.6 is 0 Å². The van der Waals surface area contributed by atoms with E-state index < -0.39 is 16.0 Å². The van der Waals surface area contributed by atoms with Crippen molar-refractivity contribution in [2.24, 2.45) is 0 Å². The first kappa shape index (κ1) is 26.0. The van der Waals surface area contributed by atoms with Crippen molar-refractivity contribution < 1.29 is 22.8 Å². The topological polar surface area (TPSA) is 134 Å². The van der Waals surface area contributed by atoms with Gasteiger partial charge in [0.25, 0.3) is 15.9 Å². The van der Waals surface area contributed by atoms with Gasteiger partial charge in [-0.15, -0.1) is 0 Å². The van der Waals surface area contributed by atoms with Gasteiger partial charge in [0.1, 0.15) is 0 Å². The van der Waals surface area contributed by atoms with E-state index in [4.69, 9.17) is 0 Å². The van der Waals surface area contributed by atoms with E-state index in [1.807, 2.05) is 12.1 Å². The van der Waals surface area contributed by atoms with Gasteiger partial charge in [-0.25, -0.2) is 18.4 Å². The van der Waals surface area contributed by atoms with Gasteiger partial charge in [-0.1, -0.05) is 18.2 Å². The van der Waals surface area contributed by atoms with Crippen molar-refractivity contribution in [3.8, 4) is 0 Å². The summed E-state index contributed by atoms with van der Waals surface area (Å²) in [5.74, 6) is -0.438. The number of rotatable bonds is 9. The highest BCUT2D eigenvalue weighted by molar-refractivity contribution is 7.89. The number of hydrogen-bond acceptors (Lipinski definition) is 9. The summed E-state index contributed by atoms with van der Waals surface area (Å²) >= 11 is 0. The molecule has 1 amide bonds. The van der Waals surface area contributed by atoms with Gasteiger partial charge in [-0.05, 0) is 54.3 Å². The summed E-state index contributed by atoms with van der Waals surface area (Å²) < 4.78 is 24.2. The Kier molecular flexibility index (Phi) is 8.31. The fourth-order valence-corrected chi connectivity index (χ4v) is 4.75. The molecule has 0 spiro atoms. The highest BCUT2D eigenvalue weighted by Crippen LogP contribution is 2.22. The number of nitrogens with one attached hydrogen (secondary N) is 2. The number of anilines is 2. The number of carbonyl (C=O) groups is 2. The fourth-order valence-electron chi connectivity index (χ4n) is 3.93. The summed E-state index contributed by atoms with van der Waals surface area (Å²) in [6, 6.07) is 16.8. The van der Waals surface area contributed by atoms with Gasteiger partial charge in [-0.2, -0.15) is 0 Å². The highest BCUT2D eigenvalue weighted by atomic mass is 32.2. The lowest BCUT2D eigenvalue weighted by Gasteiger charge is -2.41. The Morgan fingerprint density at radius 2 is 1.70 bits per heavy atom. The number of carbonyl (C=O) groups excluding carboxylic acids is 2. The Morgan fingerprint density at radius 1 is 1.00 bits per heavy atom. The zero-order chi connectivity index (χ0) is 26.3. The van der Waals surface area contributed by atoms with Crippen LogP contribution in [0.25, 0.3) is 0 Å². The second kappa shape index (κ2) is 11.8. The quantitative estimate of drug-likeness (QED) is 0.402. The van der Waals surface area contributed by atoms with Crippen LogP contribution in [0.1, 0.15) is 23.7 Å². The van der Waals surface area contributed by atoms with E-state index in [1.54, 1.807) is 53.7 Å². The molecule has 12 heteroatoms. The molecule has 0 unspecified atom stereocenters. The molecule has 2 aromatic carbocycles. The molecule has 1 aliphatic heterocycles. The first-order valence-electron chi connectivity index (χ1n) is 11.8. The second-order valence-electron chi connectivity index (χ2n) is 8.46. The van der Waals surface area contributed by atoms with Gasteiger partial charge in [-0.3, -0.25) is 9.59 Å². The number of amides is 1. The third kappa shape index (κ3) is 6.80. The van der Waals surface area contributed by atoms with Crippen LogP contribution in [-0.2, 0) is 19.7 Å². The summed E-state index contributed by atoms with van der Waals surface area (Å²) in [7, 11) is -3.97. The summed E-state index contributed by atoms with van der Waals surface area (Å²) in [5.41, 5.74) is 1.46. The molecular formula is C25H28N6O5S. The molecule has 1 saturated heterocycles. The monoisotopic (exact) mass is 524 g/mol. The van der Waals surface area contributed by atoms with E-state index in [1.165, 1.54) is 12.1 Å². The minimum Gasteiger partial charge on any atom is -0.368 e. The maximum absolute atomic E-state index is 12.5. The Morgan fingerprint density at radius 3 is 2.38 bits per heavy atom. The average Bonchev–Trinajstić information content (AvgIpc) is 2.93. The predicted octanol–water partition coefficient (Wildman–Crippen LogP) is 1.75. The zero-order valence-corrected chi connectivity index (χ0v) is 21.1. The molecule has 3 aromatic rings. The number of hydrogen-bond donors (Lipinski definition) is 2. The summed E-state index contributed by atoms with van der Waals surface area (Å²) in [6.07, 6.45) is 3.28. The average molecular weight is 525 g/mol. The highest BCUT2D eigenvalue weighted by Gasteiger charge is 2.25. The van der Waals surface area contributed by atoms with E-state index in [0.29, 0.717) is 5.56 Å². The molecule has 0 aliphatic carbocycles. The van der Waals surface area contributed by atoms with Crippen LogP contribution < -0.4 is 20.0 Å². The van der Waals surface area contributed by atoms with E-state index in [9.17, 15) is 18.0 Å². The van der Waals surface area contributed by atoms with Gasteiger partial charge in [0, 0.05) is 55.9 Å². The van der Waals surface area contributed by atoms with E-state index in [0.717, 1.165) is 31.3 Å². The van der Waals surface area contributed by atoms with Gasteiger partial charge in [0.15, 0.2) is 0 Å². The van der Waals surface area contributed by atoms with E-state index >= 15 is 0 Å². The second-order valence-corrected chi connectivity index (χ2v) is 10.1. The van der Waals surface area contributed by atoms with Crippen molar-refractivity contribution in [2.45, 2.75) is 24.3 Å². The zero-order valence-electron chi connectivity index (χ0n) is 20.3. The Balaban J connectivity index is 1.21. The van der Waals surface area contributed by atoms with Crippen molar-refractivity contribution in [3.05, 3.63) is 78.6 Å². The van der Waals surface area contributed by atoms with Crippen LogP contribution in [0, 0.1) is 0 Å². The number of piperazine rings is 1. The van der Waals surface area contributed by atoms with Crippen LogP contribution in [0.15, 0.2) is 78.0 Å². The number of benzene rings is 2. The van der Waals surface area contributed by atoms with Crippen molar-refractivity contribution in [1.82, 2.24) is 20.2 Å². The Bertz CT molecular complexity index is 1310. The van der Waals surface area contributed by atoms with Crippen LogP contribution in [-0.4, -0.2) is 62.5 Å². The third-order valence-electron chi connectivity index (χ3n) is 5.86. The van der Waals surface area contributed by atoms with E-state index in [-0.39, 0.29) is 29.8 Å². The molecule has 1 fully saturated rings. The SMILES string of the molecule is C[C@H]1CN(c2ccc(C(=O)NCCC(=O)ONS(=O)(=O)c3ccccc3)cc2)CCN1c1ncccn1. The molecule has 11 nitrogen and oxygen atoms in total. The largest absolute Gasteiger partial charge is 0.368 e. The molecule has 1 atom stereocenters. The molecule has 1 aromatic heterocycles. The summed E-state index contributed by atoms with van der Waals surface area (Å²) in [4.78, 5) is 43.8. The molecule has 2 heterocycles. The molecule has 2 N–H and O–H groups in total. The lowest BCUT2D eigenvalue weighted by Crippen LogP contribution is -2.52. The minimum absolute atomic E-state index is 0.00643. The molecule has 1 aliphatic rings. The van der Waals surface area contributed by atoms with Gasteiger partial charge >= 0.3 is 5.97 Å². The van der Waals surface area contributed by atoms with Crippen molar-refractivity contribution in [2.75, 3.05) is 36.0 Å². The fraction of sp³-hybridized carbons (Fsp3) is 0.280. The van der Waals surface area contributed by atoms with Gasteiger partial charge in [0.05, 0.1) is 11.3 Å². The lowest BCUT2D eigenvalue weighted by atomic mass is 10.1. The maximum Gasteiger partial charge on any atom is 0.327 e. The smallest absolute Gasteiger partial charge is 0.327 e. The molecule has 4 rings (SSSR count). The molecular weight excluding hydrogens is 496 g/mol. The molecule has 0 radical (unpaired) electrons. The van der Waals surface area contributed by atoms with Crippen molar-refractivity contribution in [3.63, 3.8) is 0 Å². The summed E-state index contributed by atoms with van der Waals surface area (Å²) in [5, 5.41) is 2.64. The lowest BCUT2D eigenvalue weighted by molar-refractivity contribution is -0.146. The summed E-state index contributed by atoms with van der Waals surface area (Å²) in [6.45, 7) is 4.49. The minimum atomic E-state index is -3.97. The van der Waals surface area contributed by atoms with Crippen molar-refractivity contribution >= 4 is 33.5 Å². The van der Waals surface area contributed by atoms with Crippen LogP contribution in [0.2, 0.25) is 0 Å². The molecule has 194 valence electrons. The molecule has 0 bridgehead atoms. The number of nitrogens with zero attached hydrogens (tertiary/aromatic N) is 4. The van der Waals surface area contributed by atoms with Gasteiger partial charge < -0.3 is 20.0 Å². The van der Waals surface area contributed by atoms with Crippen LogP contribution in [0.5, 0.6) is 0 Å². The third-order valence-corrected chi connectivity index (χ3v) is 7.06. The van der Waals surface area contributed by atoms with Gasteiger partial charge in [0.2, 0.25) is 5.95 Å². The Labute approximate surface area is 215 Å². The number of sulfonamides is 1. The van der Waals surface area contributed by atoms with E-state index in [2.05, 4.69) is 36.8 Å². The Hall–Kier alpha value is -4.03. The maximum atomic E-state index is 12.5. The molecule has 37 heavy (non-hydrogen) atoms. The first-order valence-corrected chi connectivity index (χ1v) is 13.3. The number of aromatic nitrogens is 2. The standard InChI is InChI=1S/C25H28N6O5S/c1-19-18-30(16-17-31(19)25-27-13-5-14-28-25)21-10-8-20(9-11-21)24(33)26-15-12-23(32)36-29-37(34,35)22-6-3-2-4-7-22/h2-11,13-14,19,29H,12,15-18H2,1H3,(H,26,33)/t19-/m0/s1. The first-order chi connectivity index (χ1) is 17.8. The van der Waals surface area contributed by atoms with Crippen LogP contribution in [0.3, 0.4) is 0 Å². The predicted molar refractivity (Wildman–Crippen MR) is 137 cm³/mol.